The maximum atomic E-state index is 4.36. The normalized spacial score (nSPS) is 10.9. The van der Waals surface area contributed by atoms with Crippen LogP contribution in [0.4, 0.5) is 0 Å². The number of aromatic nitrogens is 3. The zero-order chi connectivity index (χ0) is 13.4. The van der Waals surface area contributed by atoms with E-state index in [0.717, 1.165) is 5.95 Å². The van der Waals surface area contributed by atoms with Gasteiger partial charge >= 0.3 is 0 Å². The molecule has 0 amide bonds. The lowest BCUT2D eigenvalue weighted by atomic mass is 9.98. The van der Waals surface area contributed by atoms with E-state index in [-0.39, 0.29) is 0 Å². The first-order valence-corrected chi connectivity index (χ1v) is 6.39. The Morgan fingerprint density at radius 2 is 1.74 bits per heavy atom. The fourth-order valence-corrected chi connectivity index (χ4v) is 2.55. The van der Waals surface area contributed by atoms with Gasteiger partial charge in [-0.3, -0.25) is 4.57 Å². The molecule has 2 aromatic heterocycles. The topological polar surface area (TPSA) is 22.8 Å². The van der Waals surface area contributed by atoms with Gasteiger partial charge in [0.1, 0.15) is 0 Å². The zero-order valence-electron chi connectivity index (χ0n) is 11.5. The van der Waals surface area contributed by atoms with Crippen molar-refractivity contribution in [2.24, 2.45) is 7.05 Å². The Bertz CT molecular complexity index is 699. The molecule has 3 aromatic rings. The van der Waals surface area contributed by atoms with Gasteiger partial charge in [-0.2, -0.15) is 0 Å². The summed E-state index contributed by atoms with van der Waals surface area (Å²) in [5, 5.41) is 0. The summed E-state index contributed by atoms with van der Waals surface area (Å²) in [5.74, 6) is 0.928. The van der Waals surface area contributed by atoms with Crippen LogP contribution in [0.5, 0.6) is 0 Å². The predicted octanol–water partition coefficient (Wildman–Crippen LogP) is 3.49. The van der Waals surface area contributed by atoms with E-state index in [9.17, 15) is 0 Å². The van der Waals surface area contributed by atoms with Gasteiger partial charge in [0.15, 0.2) is 0 Å². The largest absolute Gasteiger partial charge is 0.320 e. The Balaban J connectivity index is 2.10. The molecule has 3 rings (SSSR count). The maximum Gasteiger partial charge on any atom is 0.213 e. The smallest absolute Gasteiger partial charge is 0.213 e. The molecular formula is C16H17N3. The van der Waals surface area contributed by atoms with Gasteiger partial charge in [0, 0.05) is 37.4 Å². The molecule has 0 bridgehead atoms. The fraction of sp³-hybridized carbons (Fsp3) is 0.188. The van der Waals surface area contributed by atoms with E-state index in [1.165, 1.54) is 22.3 Å². The number of rotatable bonds is 2. The molecule has 0 saturated heterocycles. The third-order valence-corrected chi connectivity index (χ3v) is 3.49. The molecule has 0 aliphatic heterocycles. The van der Waals surface area contributed by atoms with Gasteiger partial charge in [-0.25, -0.2) is 4.98 Å². The minimum atomic E-state index is 0.928. The molecule has 0 unspecified atom stereocenters. The quantitative estimate of drug-likeness (QED) is 0.683. The standard InChI is InChI=1S/C16H17N3/c1-12-5-4-6-13(2)15(12)14-7-9-19(11-14)16-17-8-10-18(16)3/h4-11H,1-3H3. The van der Waals surface area contributed by atoms with Crippen LogP contribution in [0.2, 0.25) is 0 Å². The third-order valence-electron chi connectivity index (χ3n) is 3.49. The van der Waals surface area contributed by atoms with E-state index in [2.05, 4.69) is 60.1 Å². The molecule has 0 aliphatic carbocycles. The summed E-state index contributed by atoms with van der Waals surface area (Å²) in [6, 6.07) is 8.55. The van der Waals surface area contributed by atoms with Crippen molar-refractivity contribution in [3.63, 3.8) is 0 Å². The average Bonchev–Trinajstić information content (AvgIpc) is 2.98. The van der Waals surface area contributed by atoms with Gasteiger partial charge in [-0.05, 0) is 36.6 Å². The van der Waals surface area contributed by atoms with Crippen LogP contribution in [-0.2, 0) is 7.05 Å². The van der Waals surface area contributed by atoms with Crippen LogP contribution in [0.3, 0.4) is 0 Å². The molecule has 19 heavy (non-hydrogen) atoms. The molecule has 3 heteroatoms. The highest BCUT2D eigenvalue weighted by Gasteiger charge is 2.08. The first-order chi connectivity index (χ1) is 9.16. The summed E-state index contributed by atoms with van der Waals surface area (Å²) >= 11 is 0. The zero-order valence-corrected chi connectivity index (χ0v) is 11.5. The summed E-state index contributed by atoms with van der Waals surface area (Å²) in [6.07, 6.45) is 7.96. The molecule has 0 atom stereocenters. The van der Waals surface area contributed by atoms with Crippen LogP contribution in [-0.4, -0.2) is 14.1 Å². The summed E-state index contributed by atoms with van der Waals surface area (Å²) < 4.78 is 4.07. The van der Waals surface area contributed by atoms with E-state index >= 15 is 0 Å². The Morgan fingerprint density at radius 3 is 2.37 bits per heavy atom. The van der Waals surface area contributed by atoms with Crippen LogP contribution in [0.1, 0.15) is 11.1 Å². The van der Waals surface area contributed by atoms with Crippen molar-refractivity contribution in [2.75, 3.05) is 0 Å². The van der Waals surface area contributed by atoms with Crippen LogP contribution >= 0.6 is 0 Å². The second-order valence-corrected chi connectivity index (χ2v) is 4.91. The van der Waals surface area contributed by atoms with E-state index in [4.69, 9.17) is 0 Å². The molecule has 2 heterocycles. The van der Waals surface area contributed by atoms with Crippen LogP contribution < -0.4 is 0 Å². The number of hydrogen-bond acceptors (Lipinski definition) is 1. The number of hydrogen-bond donors (Lipinski definition) is 0. The number of aryl methyl sites for hydroxylation is 3. The molecule has 0 aliphatic rings. The summed E-state index contributed by atoms with van der Waals surface area (Å²) in [7, 11) is 2.00. The van der Waals surface area contributed by atoms with Crippen LogP contribution in [0, 0.1) is 13.8 Å². The number of nitrogens with zero attached hydrogens (tertiary/aromatic N) is 3. The highest BCUT2D eigenvalue weighted by atomic mass is 15.2. The lowest BCUT2D eigenvalue weighted by Crippen LogP contribution is -1.99. The highest BCUT2D eigenvalue weighted by molar-refractivity contribution is 5.70. The van der Waals surface area contributed by atoms with Crippen molar-refractivity contribution >= 4 is 0 Å². The lowest BCUT2D eigenvalue weighted by molar-refractivity contribution is 0.822. The predicted molar refractivity (Wildman–Crippen MR) is 77.4 cm³/mol. The number of benzene rings is 1. The molecule has 0 saturated carbocycles. The van der Waals surface area contributed by atoms with Gasteiger partial charge < -0.3 is 4.57 Å². The van der Waals surface area contributed by atoms with Crippen molar-refractivity contribution in [3.05, 3.63) is 60.2 Å². The van der Waals surface area contributed by atoms with E-state index in [1.807, 2.05) is 24.0 Å². The summed E-state index contributed by atoms with van der Waals surface area (Å²) in [5.41, 5.74) is 5.16. The molecular weight excluding hydrogens is 234 g/mol. The Kier molecular flexibility index (Phi) is 2.75. The molecule has 0 fully saturated rings. The van der Waals surface area contributed by atoms with Gasteiger partial charge in [-0.15, -0.1) is 0 Å². The van der Waals surface area contributed by atoms with Gasteiger partial charge in [0.05, 0.1) is 0 Å². The minimum absolute atomic E-state index is 0.928. The first-order valence-electron chi connectivity index (χ1n) is 6.39. The highest BCUT2D eigenvalue weighted by Crippen LogP contribution is 2.27. The van der Waals surface area contributed by atoms with Crippen molar-refractivity contribution < 1.29 is 0 Å². The van der Waals surface area contributed by atoms with E-state index < -0.39 is 0 Å². The fourth-order valence-electron chi connectivity index (χ4n) is 2.55. The van der Waals surface area contributed by atoms with Crippen molar-refractivity contribution in [1.82, 2.24) is 14.1 Å². The van der Waals surface area contributed by atoms with Crippen LogP contribution in [0.15, 0.2) is 49.1 Å². The lowest BCUT2D eigenvalue weighted by Gasteiger charge is -2.07. The SMILES string of the molecule is Cc1cccc(C)c1-c1ccn(-c2nccn2C)c1. The second-order valence-electron chi connectivity index (χ2n) is 4.91. The Hall–Kier alpha value is -2.29. The molecule has 96 valence electrons. The van der Waals surface area contributed by atoms with Gasteiger partial charge in [0.2, 0.25) is 5.95 Å². The molecule has 0 radical (unpaired) electrons. The molecule has 0 spiro atoms. The maximum absolute atomic E-state index is 4.36. The Labute approximate surface area is 113 Å². The molecule has 3 nitrogen and oxygen atoms in total. The van der Waals surface area contributed by atoms with E-state index in [0.29, 0.717) is 0 Å². The van der Waals surface area contributed by atoms with Gasteiger partial charge in [-0.1, -0.05) is 18.2 Å². The average molecular weight is 251 g/mol. The van der Waals surface area contributed by atoms with Crippen molar-refractivity contribution in [1.29, 1.82) is 0 Å². The Morgan fingerprint density at radius 1 is 1.00 bits per heavy atom. The monoisotopic (exact) mass is 251 g/mol. The summed E-state index contributed by atoms with van der Waals surface area (Å²) in [6.45, 7) is 4.31. The second kappa shape index (κ2) is 4.43. The third kappa shape index (κ3) is 1.97. The van der Waals surface area contributed by atoms with Gasteiger partial charge in [0.25, 0.3) is 0 Å². The van der Waals surface area contributed by atoms with Crippen molar-refractivity contribution in [2.45, 2.75) is 13.8 Å². The number of imidazole rings is 1. The molecule has 1 aromatic carbocycles. The van der Waals surface area contributed by atoms with Crippen LogP contribution in [0.25, 0.3) is 17.1 Å². The first kappa shape index (κ1) is 11.8. The minimum Gasteiger partial charge on any atom is -0.320 e. The van der Waals surface area contributed by atoms with E-state index in [1.54, 1.807) is 0 Å². The van der Waals surface area contributed by atoms with Crippen molar-refractivity contribution in [3.8, 4) is 17.1 Å². The summed E-state index contributed by atoms with van der Waals surface area (Å²) in [4.78, 5) is 4.36. The molecule has 0 N–H and O–H groups in total.